The molecule has 28 aromatic rings. The topological polar surface area (TPSA) is 155 Å². The van der Waals surface area contributed by atoms with Crippen molar-refractivity contribution >= 4 is 120 Å². The molecule has 12 heteroatoms. The van der Waals surface area contributed by atoms with Gasteiger partial charge in [0.2, 0.25) is 0 Å². The highest BCUT2D eigenvalue weighted by atomic mass is 16.3. The van der Waals surface area contributed by atoms with Crippen LogP contribution in [0.1, 0.15) is 0 Å². The highest BCUT2D eigenvalue weighted by Crippen LogP contribution is 2.48. The predicted molar refractivity (Wildman–Crippen MR) is 585 cm³/mol. The lowest BCUT2D eigenvalue weighted by Gasteiger charge is -2.12. The van der Waals surface area contributed by atoms with Crippen LogP contribution < -0.4 is 0 Å². The minimum absolute atomic E-state index is 0.596. The van der Waals surface area contributed by atoms with Crippen LogP contribution in [-0.4, -0.2) is 44.9 Å². The molecule has 0 aliphatic heterocycles. The molecule has 0 fully saturated rings. The first kappa shape index (κ1) is 84.1. The molecule has 0 spiro atoms. The Balaban J connectivity index is 0.000000110. The molecule has 0 aliphatic rings. The second kappa shape index (κ2) is 36.2. The molecule has 0 unspecified atom stereocenters. The fourth-order valence-electron chi connectivity index (χ4n) is 19.8. The lowest BCUT2D eigenvalue weighted by molar-refractivity contribution is 0.669. The molecule has 0 aliphatic carbocycles. The van der Waals surface area contributed by atoms with Gasteiger partial charge < -0.3 is 13.3 Å². The highest BCUT2D eigenvalue weighted by molar-refractivity contribution is 6.19. The Hall–Kier alpha value is -19.4. The van der Waals surface area contributed by atoms with Crippen LogP contribution in [0.4, 0.5) is 0 Å². The smallest absolute Gasteiger partial charge is 0.164 e. The molecule has 143 heavy (non-hydrogen) atoms. The quantitative estimate of drug-likeness (QED) is 0.102. The maximum atomic E-state index is 6.67. The Labute approximate surface area is 821 Å². The van der Waals surface area contributed by atoms with Crippen molar-refractivity contribution in [3.63, 3.8) is 0 Å². The van der Waals surface area contributed by atoms with E-state index in [4.69, 9.17) is 58.1 Å². The molecule has 0 radical (unpaired) electrons. The van der Waals surface area contributed by atoms with Crippen LogP contribution in [0.15, 0.2) is 505 Å². The summed E-state index contributed by atoms with van der Waals surface area (Å²) in [5, 5.41) is 17.6. The fourth-order valence-corrected chi connectivity index (χ4v) is 19.8. The molecule has 668 valence electrons. The van der Waals surface area contributed by atoms with Gasteiger partial charge in [-0.3, -0.25) is 0 Å². The summed E-state index contributed by atoms with van der Waals surface area (Å²) in [7, 11) is 0. The van der Waals surface area contributed by atoms with Crippen molar-refractivity contribution < 1.29 is 13.3 Å². The number of hydrogen-bond acceptors (Lipinski definition) is 12. The van der Waals surface area contributed by atoms with Crippen molar-refractivity contribution in [2.75, 3.05) is 0 Å². The third-order valence-corrected chi connectivity index (χ3v) is 27.0. The summed E-state index contributed by atoms with van der Waals surface area (Å²) in [6, 6.07) is 170. The van der Waals surface area contributed by atoms with Crippen molar-refractivity contribution in [1.82, 2.24) is 44.9 Å². The standard InChI is InChI=1S/C47H29N3O.C43H27N3O.C41H25N3O/c1-2-10-30(11-3-1)33-18-22-34(23-19-33)39-26-27-41(43-40-16-8-9-17-42(40)51-44(39)43)47-49-45(37-24-20-31-12-4-6-14-35(31)28-37)48-46(50-47)38-25-21-32-13-5-7-15-36(32)29-38;1-3-11-28(12-4-1)30-19-22-31(23-20-30)35-25-26-37(39-36-17-9-10-18-38(36)47-40(35)39)43-45-41(32-14-5-2-6-15-32)44-42(46-43)34-24-21-29-13-7-8-16-33(29)27-34;1-2-12-28(13-3-1)33-22-23-35(37-34-16-8-9-17-36(34)45-38(33)37)41-43-39(31-20-18-26-10-4-6-14-29(26)24-31)42-40(44-41)32-21-19-27-11-5-7-15-30(27)25-32/h1-29H;1-27H;1-25H. The Kier molecular flexibility index (Phi) is 21.3. The molecule has 6 aromatic heterocycles. The first-order valence-corrected chi connectivity index (χ1v) is 47.8. The molecule has 0 N–H and O–H groups in total. The van der Waals surface area contributed by atoms with Crippen LogP contribution >= 0.6 is 0 Å². The number of para-hydroxylation sites is 3. The van der Waals surface area contributed by atoms with E-state index in [0.29, 0.717) is 52.4 Å². The van der Waals surface area contributed by atoms with Gasteiger partial charge in [0.15, 0.2) is 52.4 Å². The van der Waals surface area contributed by atoms with E-state index in [1.54, 1.807) is 0 Å². The molecule has 0 saturated carbocycles. The summed E-state index contributed by atoms with van der Waals surface area (Å²) >= 11 is 0. The van der Waals surface area contributed by atoms with Gasteiger partial charge in [-0.2, -0.15) is 0 Å². The molecule has 6 heterocycles. The third kappa shape index (κ3) is 16.1. The first-order chi connectivity index (χ1) is 70.8. The van der Waals surface area contributed by atoms with Crippen molar-refractivity contribution in [1.29, 1.82) is 0 Å². The van der Waals surface area contributed by atoms with Gasteiger partial charge in [0.1, 0.15) is 33.5 Å². The van der Waals surface area contributed by atoms with E-state index in [2.05, 4.69) is 394 Å². The van der Waals surface area contributed by atoms with Crippen molar-refractivity contribution in [3.8, 4) is 158 Å². The largest absolute Gasteiger partial charge is 0.455 e. The number of nitrogens with zero attached hydrogens (tertiary/aromatic N) is 9. The first-order valence-electron chi connectivity index (χ1n) is 47.8. The number of fused-ring (bicyclic) bond motifs is 14. The van der Waals surface area contributed by atoms with E-state index >= 15 is 0 Å². The second-order valence-corrected chi connectivity index (χ2v) is 35.7. The SMILES string of the molecule is c1ccc(-c2ccc(-c3ccc(-c4nc(-c5ccc6ccccc6c5)nc(-c5ccc6ccccc6c5)n4)c4c3oc3ccccc34)cc2)cc1.c1ccc(-c2ccc(-c3ccc(-c4nc(-c5ccccc5)nc(-c5ccc6ccccc6c5)n4)c4c3oc3ccccc34)cc2)cc1.c1ccc(-c2ccc(-c3nc(-c4ccc5ccccc5c4)nc(-c4ccc5ccccc5c4)n3)c3c2oc2ccccc23)cc1. The van der Waals surface area contributed by atoms with Gasteiger partial charge in [-0.15, -0.1) is 0 Å². The number of benzene rings is 22. The average Bonchev–Trinajstić information content (AvgIpc) is 1.60. The van der Waals surface area contributed by atoms with Crippen LogP contribution in [-0.2, 0) is 0 Å². The number of rotatable bonds is 14. The van der Waals surface area contributed by atoms with Crippen molar-refractivity contribution in [3.05, 3.63) is 491 Å². The zero-order chi connectivity index (χ0) is 94.6. The average molecular weight is 1830 g/mol. The number of furan rings is 3. The molecular weight excluding hydrogens is 1750 g/mol. The molecular formula is C131H81N9O3. The van der Waals surface area contributed by atoms with E-state index in [9.17, 15) is 0 Å². The summed E-state index contributed by atoms with van der Waals surface area (Å²) in [6.45, 7) is 0. The number of aromatic nitrogens is 9. The van der Waals surface area contributed by atoms with Crippen molar-refractivity contribution in [2.45, 2.75) is 0 Å². The molecule has 28 rings (SSSR count). The van der Waals surface area contributed by atoms with Crippen LogP contribution in [0.2, 0.25) is 0 Å². The van der Waals surface area contributed by atoms with Crippen LogP contribution in [0.3, 0.4) is 0 Å². The van der Waals surface area contributed by atoms with Crippen LogP contribution in [0.5, 0.6) is 0 Å². The molecule has 0 atom stereocenters. The maximum Gasteiger partial charge on any atom is 0.164 e. The lowest BCUT2D eigenvalue weighted by Crippen LogP contribution is -2.00. The van der Waals surface area contributed by atoms with E-state index in [0.717, 1.165) is 176 Å². The lowest BCUT2D eigenvalue weighted by atomic mass is 9.96. The van der Waals surface area contributed by atoms with E-state index in [1.165, 1.54) is 49.2 Å². The van der Waals surface area contributed by atoms with E-state index < -0.39 is 0 Å². The van der Waals surface area contributed by atoms with Gasteiger partial charge in [0, 0.05) is 99.1 Å². The summed E-state index contributed by atoms with van der Waals surface area (Å²) in [5.74, 6) is 5.55. The second-order valence-electron chi connectivity index (χ2n) is 35.7. The van der Waals surface area contributed by atoms with Gasteiger partial charge >= 0.3 is 0 Å². The van der Waals surface area contributed by atoms with Gasteiger partial charge in [0.05, 0.1) is 0 Å². The minimum Gasteiger partial charge on any atom is -0.455 e. The minimum atomic E-state index is 0.596. The Bertz CT molecular complexity index is 9600. The Morgan fingerprint density at radius 3 is 0.573 bits per heavy atom. The third-order valence-electron chi connectivity index (χ3n) is 27.0. The molecule has 22 aromatic carbocycles. The van der Waals surface area contributed by atoms with E-state index in [1.807, 2.05) is 97.1 Å². The van der Waals surface area contributed by atoms with Crippen molar-refractivity contribution in [2.24, 2.45) is 0 Å². The summed E-state index contributed by atoms with van der Waals surface area (Å²) < 4.78 is 19.8. The Morgan fingerprint density at radius 2 is 0.301 bits per heavy atom. The highest BCUT2D eigenvalue weighted by Gasteiger charge is 2.27. The van der Waals surface area contributed by atoms with Gasteiger partial charge in [-0.1, -0.05) is 406 Å². The van der Waals surface area contributed by atoms with Gasteiger partial charge in [-0.05, 0) is 178 Å². The van der Waals surface area contributed by atoms with E-state index in [-0.39, 0.29) is 0 Å². The van der Waals surface area contributed by atoms with Gasteiger partial charge in [0.25, 0.3) is 0 Å². The molecule has 0 saturated heterocycles. The Morgan fingerprint density at radius 1 is 0.119 bits per heavy atom. The molecule has 0 bridgehead atoms. The summed E-state index contributed by atoms with van der Waals surface area (Å²) in [4.78, 5) is 46.0. The summed E-state index contributed by atoms with van der Waals surface area (Å²) in [5.41, 5.74) is 24.3. The zero-order valence-electron chi connectivity index (χ0n) is 77.0. The summed E-state index contributed by atoms with van der Waals surface area (Å²) in [6.07, 6.45) is 0. The van der Waals surface area contributed by atoms with Gasteiger partial charge in [-0.25, -0.2) is 44.9 Å². The van der Waals surface area contributed by atoms with Crippen LogP contribution in [0, 0.1) is 0 Å². The van der Waals surface area contributed by atoms with Crippen LogP contribution in [0.25, 0.3) is 278 Å². The molecule has 12 nitrogen and oxygen atoms in total. The fraction of sp³-hybridized carbons (Fsp3) is 0. The zero-order valence-corrected chi connectivity index (χ0v) is 77.0. The normalized spacial score (nSPS) is 11.5. The monoisotopic (exact) mass is 1830 g/mol. The number of hydrogen-bond donors (Lipinski definition) is 0. The predicted octanol–water partition coefficient (Wildman–Crippen LogP) is 34.4. The maximum absolute atomic E-state index is 6.67. The molecule has 0 amide bonds.